The molecule has 0 fully saturated rings. The highest BCUT2D eigenvalue weighted by Crippen LogP contribution is 2.42. The molecular formula is C11H13F2NO4S. The highest BCUT2D eigenvalue weighted by molar-refractivity contribution is 7.90. The molecule has 106 valence electrons. The van der Waals surface area contributed by atoms with Crippen LogP contribution in [0.15, 0.2) is 18.2 Å². The summed E-state index contributed by atoms with van der Waals surface area (Å²) in [7, 11) is -3.11. The van der Waals surface area contributed by atoms with Crippen molar-refractivity contribution < 1.29 is 26.7 Å². The fourth-order valence-corrected chi connectivity index (χ4v) is 2.81. The molecule has 1 N–H and O–H groups in total. The first-order chi connectivity index (χ1) is 8.65. The van der Waals surface area contributed by atoms with Gasteiger partial charge in [-0.2, -0.15) is 0 Å². The topological polar surface area (TPSA) is 64.6 Å². The molecule has 8 heteroatoms. The lowest BCUT2D eigenvalue weighted by Gasteiger charge is -2.14. The van der Waals surface area contributed by atoms with Crippen LogP contribution >= 0.6 is 0 Å². The maximum Gasteiger partial charge on any atom is 0.586 e. The van der Waals surface area contributed by atoms with Crippen molar-refractivity contribution in [2.75, 3.05) is 17.3 Å². The van der Waals surface area contributed by atoms with Crippen molar-refractivity contribution in [3.63, 3.8) is 0 Å². The summed E-state index contributed by atoms with van der Waals surface area (Å²) < 4.78 is 56.4. The minimum atomic E-state index is -3.65. The van der Waals surface area contributed by atoms with Crippen LogP contribution in [0.4, 0.5) is 14.5 Å². The van der Waals surface area contributed by atoms with Crippen LogP contribution in [0.2, 0.25) is 0 Å². The van der Waals surface area contributed by atoms with Crippen molar-refractivity contribution in [2.45, 2.75) is 19.3 Å². The number of fused-ring (bicyclic) bond motifs is 1. The SMILES string of the molecule is CC(CS(C)(=O)=O)Nc1ccc2c(c1)OC(F)(F)O2. The van der Waals surface area contributed by atoms with Crippen LogP contribution in [-0.2, 0) is 9.84 Å². The molecule has 5 nitrogen and oxygen atoms in total. The minimum absolute atomic E-state index is 0.0497. The van der Waals surface area contributed by atoms with E-state index in [0.29, 0.717) is 5.69 Å². The maximum atomic E-state index is 12.8. The number of hydrogen-bond acceptors (Lipinski definition) is 5. The molecule has 1 aromatic rings. The van der Waals surface area contributed by atoms with Gasteiger partial charge in [0.2, 0.25) is 0 Å². The van der Waals surface area contributed by atoms with E-state index in [1.54, 1.807) is 6.92 Å². The first-order valence-corrected chi connectivity index (χ1v) is 7.55. The van der Waals surface area contributed by atoms with Crippen LogP contribution in [0.5, 0.6) is 11.5 Å². The second-order valence-corrected chi connectivity index (χ2v) is 6.65. The molecule has 0 saturated heterocycles. The van der Waals surface area contributed by atoms with Crippen LogP contribution < -0.4 is 14.8 Å². The molecule has 19 heavy (non-hydrogen) atoms. The Labute approximate surface area is 109 Å². The van der Waals surface area contributed by atoms with E-state index >= 15 is 0 Å². The van der Waals surface area contributed by atoms with E-state index in [9.17, 15) is 17.2 Å². The van der Waals surface area contributed by atoms with Gasteiger partial charge in [0, 0.05) is 24.1 Å². The van der Waals surface area contributed by atoms with Gasteiger partial charge in [-0.1, -0.05) is 0 Å². The molecule has 2 rings (SSSR count). The Hall–Kier alpha value is -1.57. The van der Waals surface area contributed by atoms with E-state index in [1.165, 1.54) is 18.2 Å². The number of nitrogens with one attached hydrogen (secondary N) is 1. The van der Waals surface area contributed by atoms with E-state index in [4.69, 9.17) is 0 Å². The van der Waals surface area contributed by atoms with Crippen molar-refractivity contribution >= 4 is 15.5 Å². The first kappa shape index (κ1) is 13.9. The molecule has 1 heterocycles. The first-order valence-electron chi connectivity index (χ1n) is 5.49. The summed E-state index contributed by atoms with van der Waals surface area (Å²) in [5.41, 5.74) is 0.483. The number of rotatable bonds is 4. The molecule has 0 saturated carbocycles. The number of ether oxygens (including phenoxy) is 2. The van der Waals surface area contributed by atoms with Gasteiger partial charge in [-0.15, -0.1) is 8.78 Å². The minimum Gasteiger partial charge on any atom is -0.395 e. The highest BCUT2D eigenvalue weighted by atomic mass is 32.2. The molecule has 1 unspecified atom stereocenters. The Morgan fingerprint density at radius 1 is 1.32 bits per heavy atom. The Kier molecular flexibility index (Phi) is 3.29. The average Bonchev–Trinajstić information content (AvgIpc) is 2.47. The van der Waals surface area contributed by atoms with Crippen molar-refractivity contribution in [2.24, 2.45) is 0 Å². The van der Waals surface area contributed by atoms with Crippen molar-refractivity contribution in [3.05, 3.63) is 18.2 Å². The van der Waals surface area contributed by atoms with Crippen LogP contribution in [0.1, 0.15) is 6.92 Å². The zero-order valence-corrected chi connectivity index (χ0v) is 11.1. The van der Waals surface area contributed by atoms with Crippen molar-refractivity contribution in [3.8, 4) is 11.5 Å². The van der Waals surface area contributed by atoms with Gasteiger partial charge in [-0.25, -0.2) is 8.42 Å². The van der Waals surface area contributed by atoms with Crippen molar-refractivity contribution in [1.29, 1.82) is 0 Å². The molecule has 0 amide bonds. The summed E-state index contributed by atoms with van der Waals surface area (Å²) in [6.07, 6.45) is -2.52. The Balaban J connectivity index is 2.08. The van der Waals surface area contributed by atoms with Gasteiger partial charge in [0.15, 0.2) is 11.5 Å². The Bertz CT molecular complexity index is 588. The van der Waals surface area contributed by atoms with E-state index in [1.807, 2.05) is 0 Å². The van der Waals surface area contributed by atoms with Gasteiger partial charge in [0.25, 0.3) is 0 Å². The summed E-state index contributed by atoms with van der Waals surface area (Å²) in [4.78, 5) is 0. The third-order valence-corrected chi connectivity index (χ3v) is 3.47. The molecule has 0 aliphatic carbocycles. The van der Waals surface area contributed by atoms with E-state index in [-0.39, 0.29) is 23.3 Å². The molecule has 1 aromatic carbocycles. The average molecular weight is 293 g/mol. The summed E-state index contributed by atoms with van der Waals surface area (Å²) in [5, 5.41) is 2.90. The predicted octanol–water partition coefficient (Wildman–Crippen LogP) is 1.85. The van der Waals surface area contributed by atoms with E-state index in [0.717, 1.165) is 6.26 Å². The Morgan fingerprint density at radius 3 is 2.58 bits per heavy atom. The van der Waals surface area contributed by atoms with E-state index in [2.05, 4.69) is 14.8 Å². The fourth-order valence-electron chi connectivity index (χ4n) is 1.82. The van der Waals surface area contributed by atoms with Crippen LogP contribution in [0, 0.1) is 0 Å². The quantitative estimate of drug-likeness (QED) is 0.918. The van der Waals surface area contributed by atoms with Crippen molar-refractivity contribution in [1.82, 2.24) is 0 Å². The number of sulfone groups is 1. The Morgan fingerprint density at radius 2 is 1.95 bits per heavy atom. The number of anilines is 1. The highest BCUT2D eigenvalue weighted by Gasteiger charge is 2.43. The number of halogens is 2. The molecule has 0 aromatic heterocycles. The standard InChI is InChI=1S/C11H13F2NO4S/c1-7(6-19(2,15)16)14-8-3-4-9-10(5-8)18-11(12,13)17-9/h3-5,7,14H,6H2,1-2H3. The van der Waals surface area contributed by atoms with Gasteiger partial charge in [-0.3, -0.25) is 0 Å². The normalized spacial score (nSPS) is 18.1. The molecule has 0 bridgehead atoms. The number of hydrogen-bond donors (Lipinski definition) is 1. The lowest BCUT2D eigenvalue weighted by molar-refractivity contribution is -0.286. The maximum absolute atomic E-state index is 12.8. The monoisotopic (exact) mass is 293 g/mol. The van der Waals surface area contributed by atoms with Gasteiger partial charge >= 0.3 is 6.29 Å². The molecule has 1 aliphatic rings. The lowest BCUT2D eigenvalue weighted by atomic mass is 10.2. The van der Waals surface area contributed by atoms with E-state index < -0.39 is 16.1 Å². The van der Waals surface area contributed by atoms with Crippen LogP contribution in [0.3, 0.4) is 0 Å². The molecular weight excluding hydrogens is 280 g/mol. The zero-order valence-electron chi connectivity index (χ0n) is 10.3. The number of alkyl halides is 2. The summed E-state index contributed by atoms with van der Waals surface area (Å²) in [5.74, 6) is -0.190. The summed E-state index contributed by atoms with van der Waals surface area (Å²) >= 11 is 0. The molecule has 1 atom stereocenters. The summed E-state index contributed by atoms with van der Waals surface area (Å²) in [6, 6.07) is 3.85. The third kappa shape index (κ3) is 3.69. The third-order valence-electron chi connectivity index (χ3n) is 2.37. The smallest absolute Gasteiger partial charge is 0.395 e. The van der Waals surface area contributed by atoms with Crippen LogP contribution in [0.25, 0.3) is 0 Å². The second-order valence-electron chi connectivity index (χ2n) is 4.47. The second kappa shape index (κ2) is 4.52. The summed E-state index contributed by atoms with van der Waals surface area (Å²) in [6.45, 7) is 1.68. The van der Waals surface area contributed by atoms with Gasteiger partial charge in [0.1, 0.15) is 9.84 Å². The molecule has 0 spiro atoms. The molecule has 1 aliphatic heterocycles. The van der Waals surface area contributed by atoms with Gasteiger partial charge in [-0.05, 0) is 19.1 Å². The number of benzene rings is 1. The fraction of sp³-hybridized carbons (Fsp3) is 0.455. The zero-order chi connectivity index (χ0) is 14.3. The molecule has 0 radical (unpaired) electrons. The largest absolute Gasteiger partial charge is 0.586 e. The predicted molar refractivity (Wildman–Crippen MR) is 65.4 cm³/mol. The van der Waals surface area contributed by atoms with Gasteiger partial charge in [0.05, 0.1) is 5.75 Å². The lowest BCUT2D eigenvalue weighted by Crippen LogP contribution is -2.26. The van der Waals surface area contributed by atoms with Gasteiger partial charge < -0.3 is 14.8 Å². The van der Waals surface area contributed by atoms with Crippen LogP contribution in [-0.4, -0.2) is 32.8 Å².